The second kappa shape index (κ2) is 7.12. The molecule has 1 aromatic heterocycles. The van der Waals surface area contributed by atoms with Gasteiger partial charge < -0.3 is 19.7 Å². The molecule has 1 aromatic rings. The van der Waals surface area contributed by atoms with Gasteiger partial charge in [-0.2, -0.15) is 0 Å². The Morgan fingerprint density at radius 1 is 1.55 bits per heavy atom. The Hall–Kier alpha value is -0.900. The van der Waals surface area contributed by atoms with Crippen LogP contribution in [-0.2, 0) is 9.47 Å². The number of aromatic amines is 1. The number of halogens is 2. The number of aliphatic hydroxyl groups excluding tert-OH is 2. The summed E-state index contributed by atoms with van der Waals surface area (Å²) in [5.74, 6) is 0. The van der Waals surface area contributed by atoms with E-state index in [0.717, 1.165) is 4.57 Å². The van der Waals surface area contributed by atoms with Crippen molar-refractivity contribution in [2.45, 2.75) is 35.8 Å². The van der Waals surface area contributed by atoms with E-state index in [1.54, 1.807) is 0 Å². The van der Waals surface area contributed by atoms with E-state index < -0.39 is 40.6 Å². The van der Waals surface area contributed by atoms with Gasteiger partial charge in [0, 0.05) is 19.7 Å². The largest absolute Gasteiger partial charge is 0.394 e. The lowest BCUT2D eigenvalue weighted by Gasteiger charge is -2.19. The van der Waals surface area contributed by atoms with Gasteiger partial charge in [0.1, 0.15) is 23.3 Å². The first-order valence-electron chi connectivity index (χ1n) is 6.49. The first-order chi connectivity index (χ1) is 10.4. The number of nitrogens with zero attached hydrogens (tertiary/aromatic N) is 1. The predicted octanol–water partition coefficient (Wildman–Crippen LogP) is -0.332. The summed E-state index contributed by atoms with van der Waals surface area (Å²) in [6.07, 6.45) is -2.12. The summed E-state index contributed by atoms with van der Waals surface area (Å²) < 4.78 is 11.6. The van der Waals surface area contributed by atoms with E-state index in [0.29, 0.717) is 0 Å². The summed E-state index contributed by atoms with van der Waals surface area (Å²) in [5.41, 5.74) is -1.32. The van der Waals surface area contributed by atoms with Crippen molar-refractivity contribution in [1.29, 1.82) is 0 Å². The topological polar surface area (TPSA) is 114 Å². The van der Waals surface area contributed by atoms with Crippen molar-refractivity contribution in [2.75, 3.05) is 13.7 Å². The van der Waals surface area contributed by atoms with Gasteiger partial charge in [-0.25, -0.2) is 4.79 Å². The standard InChI is InChI=1S/C12H16Cl2N2O6/c1-21-9(10(13)14)5-3-16(12(20)15-11(5)19)8-2-6(18)7(4-17)22-8/h3,6-10,17-18H,2,4H2,1H3,(H,15,19,20)/t6-,7+,8+,9?/m0/s1. The SMILES string of the molecule is COC(c1cn([C@H]2C[C@H](O)[C@@H](CO)O2)c(=O)[nH]c1=O)C(Cl)Cl. The van der Waals surface area contributed by atoms with Crippen LogP contribution in [0.5, 0.6) is 0 Å². The van der Waals surface area contributed by atoms with Crippen LogP contribution in [-0.4, -0.2) is 50.5 Å². The molecular weight excluding hydrogens is 339 g/mol. The van der Waals surface area contributed by atoms with E-state index >= 15 is 0 Å². The van der Waals surface area contributed by atoms with Crippen molar-refractivity contribution in [3.8, 4) is 0 Å². The van der Waals surface area contributed by atoms with Crippen LogP contribution in [0.25, 0.3) is 0 Å². The summed E-state index contributed by atoms with van der Waals surface area (Å²) in [5, 5.41) is 18.8. The Morgan fingerprint density at radius 2 is 2.23 bits per heavy atom. The van der Waals surface area contributed by atoms with Gasteiger partial charge in [-0.05, 0) is 0 Å². The molecule has 1 fully saturated rings. The molecule has 0 aliphatic carbocycles. The Labute approximate surface area is 135 Å². The van der Waals surface area contributed by atoms with Crippen LogP contribution in [0.15, 0.2) is 15.8 Å². The Kier molecular flexibility index (Phi) is 5.65. The fraction of sp³-hybridized carbons (Fsp3) is 0.667. The average molecular weight is 355 g/mol. The molecule has 3 N–H and O–H groups in total. The zero-order chi connectivity index (χ0) is 16.4. The molecule has 0 saturated carbocycles. The number of aliphatic hydroxyl groups is 2. The Morgan fingerprint density at radius 3 is 2.73 bits per heavy atom. The predicted molar refractivity (Wildman–Crippen MR) is 78.2 cm³/mol. The number of aromatic nitrogens is 2. The highest BCUT2D eigenvalue weighted by atomic mass is 35.5. The molecule has 124 valence electrons. The van der Waals surface area contributed by atoms with Gasteiger partial charge in [-0.1, -0.05) is 0 Å². The first-order valence-corrected chi connectivity index (χ1v) is 7.37. The second-order valence-corrected chi connectivity index (χ2v) is 6.02. The lowest BCUT2D eigenvalue weighted by atomic mass is 10.2. The zero-order valence-corrected chi connectivity index (χ0v) is 13.1. The number of alkyl halides is 2. The fourth-order valence-corrected chi connectivity index (χ4v) is 2.81. The Balaban J connectivity index is 2.41. The van der Waals surface area contributed by atoms with Gasteiger partial charge in [0.25, 0.3) is 5.56 Å². The summed E-state index contributed by atoms with van der Waals surface area (Å²) in [6, 6.07) is 0. The maximum atomic E-state index is 11.9. The van der Waals surface area contributed by atoms with Crippen LogP contribution < -0.4 is 11.2 Å². The highest BCUT2D eigenvalue weighted by Gasteiger charge is 2.35. The van der Waals surface area contributed by atoms with Crippen molar-refractivity contribution in [3.05, 3.63) is 32.6 Å². The average Bonchev–Trinajstić information content (AvgIpc) is 2.82. The Bertz CT molecular complexity index is 631. The smallest absolute Gasteiger partial charge is 0.330 e. The number of hydrogen-bond acceptors (Lipinski definition) is 6. The van der Waals surface area contributed by atoms with Crippen molar-refractivity contribution < 1.29 is 19.7 Å². The maximum absolute atomic E-state index is 11.9. The molecule has 2 heterocycles. The van der Waals surface area contributed by atoms with Gasteiger partial charge in [-0.3, -0.25) is 14.3 Å². The molecule has 1 aliphatic heterocycles. The van der Waals surface area contributed by atoms with Crippen LogP contribution in [0, 0.1) is 0 Å². The minimum absolute atomic E-state index is 0.0580. The van der Waals surface area contributed by atoms with Crippen molar-refractivity contribution in [3.63, 3.8) is 0 Å². The number of H-pyrrole nitrogens is 1. The van der Waals surface area contributed by atoms with E-state index in [1.807, 2.05) is 0 Å². The van der Waals surface area contributed by atoms with E-state index in [1.165, 1.54) is 13.3 Å². The molecule has 8 nitrogen and oxygen atoms in total. The van der Waals surface area contributed by atoms with Gasteiger partial charge in [-0.15, -0.1) is 23.2 Å². The minimum atomic E-state index is -1.02. The molecule has 10 heteroatoms. The van der Waals surface area contributed by atoms with Crippen LogP contribution in [0.3, 0.4) is 0 Å². The molecule has 1 aliphatic rings. The highest BCUT2D eigenvalue weighted by molar-refractivity contribution is 6.44. The van der Waals surface area contributed by atoms with Gasteiger partial charge in [0.15, 0.2) is 0 Å². The normalized spacial score (nSPS) is 26.5. The first kappa shape index (κ1) is 17.5. The van der Waals surface area contributed by atoms with Crippen LogP contribution >= 0.6 is 23.2 Å². The summed E-state index contributed by atoms with van der Waals surface area (Å²) in [4.78, 5) is 25.0. The van der Waals surface area contributed by atoms with Crippen LogP contribution in [0.1, 0.15) is 24.3 Å². The fourth-order valence-electron chi connectivity index (χ4n) is 2.33. The molecule has 2 rings (SSSR count). The van der Waals surface area contributed by atoms with E-state index in [4.69, 9.17) is 37.8 Å². The zero-order valence-electron chi connectivity index (χ0n) is 11.6. The molecule has 22 heavy (non-hydrogen) atoms. The van der Waals surface area contributed by atoms with Crippen LogP contribution in [0.4, 0.5) is 0 Å². The molecule has 1 unspecified atom stereocenters. The van der Waals surface area contributed by atoms with Gasteiger partial charge >= 0.3 is 5.69 Å². The third kappa shape index (κ3) is 3.37. The summed E-state index contributed by atoms with van der Waals surface area (Å²) >= 11 is 11.5. The molecular formula is C12H16Cl2N2O6. The summed E-state index contributed by atoms with van der Waals surface area (Å²) in [6.45, 7) is -0.380. The van der Waals surface area contributed by atoms with Crippen molar-refractivity contribution in [1.82, 2.24) is 9.55 Å². The van der Waals surface area contributed by atoms with E-state index in [-0.39, 0.29) is 18.6 Å². The molecule has 0 spiro atoms. The number of methoxy groups -OCH3 is 1. The number of nitrogens with one attached hydrogen (secondary N) is 1. The molecule has 1 saturated heterocycles. The van der Waals surface area contributed by atoms with E-state index in [2.05, 4.69) is 4.98 Å². The maximum Gasteiger partial charge on any atom is 0.330 e. The number of hydrogen-bond donors (Lipinski definition) is 3. The third-order valence-electron chi connectivity index (χ3n) is 3.48. The molecule has 4 atom stereocenters. The monoisotopic (exact) mass is 354 g/mol. The molecule has 0 bridgehead atoms. The number of rotatable bonds is 5. The van der Waals surface area contributed by atoms with Gasteiger partial charge in [0.05, 0.1) is 18.3 Å². The molecule has 0 amide bonds. The molecule has 0 aromatic carbocycles. The lowest BCUT2D eigenvalue weighted by molar-refractivity contribution is -0.0462. The van der Waals surface area contributed by atoms with Crippen molar-refractivity contribution in [2.24, 2.45) is 0 Å². The van der Waals surface area contributed by atoms with Gasteiger partial charge in [0.2, 0.25) is 0 Å². The third-order valence-corrected chi connectivity index (χ3v) is 3.94. The minimum Gasteiger partial charge on any atom is -0.394 e. The molecule has 0 radical (unpaired) electrons. The number of ether oxygens (including phenoxy) is 2. The second-order valence-electron chi connectivity index (χ2n) is 4.86. The quantitative estimate of drug-likeness (QED) is 0.624. The van der Waals surface area contributed by atoms with Crippen LogP contribution in [0.2, 0.25) is 0 Å². The lowest BCUT2D eigenvalue weighted by Crippen LogP contribution is -2.36. The van der Waals surface area contributed by atoms with Crippen molar-refractivity contribution >= 4 is 23.2 Å². The summed E-state index contributed by atoms with van der Waals surface area (Å²) in [7, 11) is 1.33. The van der Waals surface area contributed by atoms with E-state index in [9.17, 15) is 14.7 Å². The highest BCUT2D eigenvalue weighted by Crippen LogP contribution is 2.29.